The van der Waals surface area contributed by atoms with Gasteiger partial charge in [0.1, 0.15) is 11.1 Å². The number of amides is 1. The van der Waals surface area contributed by atoms with E-state index in [-0.39, 0.29) is 12.0 Å². The molecule has 5 nitrogen and oxygen atoms in total. The summed E-state index contributed by atoms with van der Waals surface area (Å²) in [5, 5.41) is 3.92. The van der Waals surface area contributed by atoms with Gasteiger partial charge in [0.25, 0.3) is 0 Å². The Balaban J connectivity index is 1.46. The summed E-state index contributed by atoms with van der Waals surface area (Å²) in [5.41, 5.74) is 1.89. The lowest BCUT2D eigenvalue weighted by Gasteiger charge is -2.32. The summed E-state index contributed by atoms with van der Waals surface area (Å²) in [5.74, 6) is 0.108. The number of carbonyl (C=O) groups excluding carboxylic acids is 1. The molecular formula is C18H17N3O2S. The summed E-state index contributed by atoms with van der Waals surface area (Å²) in [6.07, 6.45) is 3.81. The Kier molecular flexibility index (Phi) is 4.23. The fraction of sp³-hybridized carbons (Fsp3) is 0.278. The van der Waals surface area contributed by atoms with Crippen molar-refractivity contribution in [2.75, 3.05) is 19.7 Å². The molecule has 0 radical (unpaired) electrons. The van der Waals surface area contributed by atoms with Gasteiger partial charge < -0.3 is 9.64 Å². The van der Waals surface area contributed by atoms with Crippen molar-refractivity contribution < 1.29 is 9.53 Å². The van der Waals surface area contributed by atoms with E-state index in [9.17, 15) is 4.79 Å². The van der Waals surface area contributed by atoms with Crippen LogP contribution in [0.5, 0.6) is 0 Å². The number of ether oxygens (including phenoxy) is 1. The average Bonchev–Trinajstić information content (AvgIpc) is 3.16. The zero-order valence-electron chi connectivity index (χ0n) is 13.1. The van der Waals surface area contributed by atoms with Crippen LogP contribution in [0, 0.1) is 0 Å². The monoisotopic (exact) mass is 339 g/mol. The Hall–Kier alpha value is -2.31. The first-order chi connectivity index (χ1) is 11.8. The summed E-state index contributed by atoms with van der Waals surface area (Å²) in [6, 6.07) is 9.98. The maximum absolute atomic E-state index is 12.6. The molecule has 2 aromatic heterocycles. The van der Waals surface area contributed by atoms with Crippen LogP contribution in [0.2, 0.25) is 0 Å². The third-order valence-electron chi connectivity index (χ3n) is 4.15. The highest BCUT2D eigenvalue weighted by molar-refractivity contribution is 7.09. The smallest absolute Gasteiger partial charge is 0.227 e. The Morgan fingerprint density at radius 2 is 2.25 bits per heavy atom. The number of morpholine rings is 1. The van der Waals surface area contributed by atoms with Crippen LogP contribution in [0.25, 0.3) is 10.9 Å². The van der Waals surface area contributed by atoms with E-state index in [0.29, 0.717) is 26.1 Å². The molecule has 3 heterocycles. The number of para-hydroxylation sites is 1. The summed E-state index contributed by atoms with van der Waals surface area (Å²) >= 11 is 1.56. The standard InChI is InChI=1S/C18H17N3O2S/c22-17(10-13-9-14-3-1-2-4-15(14)20-11-13)21-6-7-23-16(12-21)18-19-5-8-24-18/h1-5,8-9,11,16H,6-7,10,12H2. The molecule has 24 heavy (non-hydrogen) atoms. The third kappa shape index (κ3) is 3.16. The normalized spacial score (nSPS) is 18.0. The number of aromatic nitrogens is 2. The lowest BCUT2D eigenvalue weighted by atomic mass is 10.1. The van der Waals surface area contributed by atoms with Crippen molar-refractivity contribution in [1.82, 2.24) is 14.9 Å². The number of thiazole rings is 1. The lowest BCUT2D eigenvalue weighted by molar-refractivity contribution is -0.138. The molecule has 0 saturated carbocycles. The van der Waals surface area contributed by atoms with E-state index >= 15 is 0 Å². The van der Waals surface area contributed by atoms with Crippen molar-refractivity contribution in [3.8, 4) is 0 Å². The van der Waals surface area contributed by atoms with Gasteiger partial charge >= 0.3 is 0 Å². The first kappa shape index (κ1) is 15.2. The molecule has 0 spiro atoms. The molecule has 0 N–H and O–H groups in total. The van der Waals surface area contributed by atoms with Gasteiger partial charge in [-0.1, -0.05) is 18.2 Å². The third-order valence-corrected chi connectivity index (χ3v) is 5.02. The van der Waals surface area contributed by atoms with E-state index in [1.165, 1.54) is 0 Å². The number of hydrogen-bond donors (Lipinski definition) is 0. The van der Waals surface area contributed by atoms with Gasteiger partial charge in [-0.3, -0.25) is 9.78 Å². The molecule has 4 rings (SSSR count). The summed E-state index contributed by atoms with van der Waals surface area (Å²) < 4.78 is 5.75. The molecule has 1 amide bonds. The quantitative estimate of drug-likeness (QED) is 0.736. The Morgan fingerprint density at radius 3 is 3.12 bits per heavy atom. The lowest BCUT2D eigenvalue weighted by Crippen LogP contribution is -2.42. The van der Waals surface area contributed by atoms with Crippen LogP contribution in [-0.2, 0) is 16.0 Å². The Morgan fingerprint density at radius 1 is 1.33 bits per heavy atom. The maximum atomic E-state index is 12.6. The first-order valence-electron chi connectivity index (χ1n) is 7.92. The largest absolute Gasteiger partial charge is 0.367 e. The molecule has 1 aliphatic rings. The topological polar surface area (TPSA) is 55.3 Å². The van der Waals surface area contributed by atoms with E-state index in [1.807, 2.05) is 40.6 Å². The second kappa shape index (κ2) is 6.67. The minimum Gasteiger partial charge on any atom is -0.367 e. The first-order valence-corrected chi connectivity index (χ1v) is 8.80. The highest BCUT2D eigenvalue weighted by Crippen LogP contribution is 2.24. The number of pyridine rings is 1. The van der Waals surface area contributed by atoms with E-state index in [2.05, 4.69) is 9.97 Å². The molecule has 1 fully saturated rings. The zero-order chi connectivity index (χ0) is 16.4. The number of nitrogens with zero attached hydrogens (tertiary/aromatic N) is 3. The number of carbonyl (C=O) groups is 1. The highest BCUT2D eigenvalue weighted by Gasteiger charge is 2.26. The number of benzene rings is 1. The molecule has 6 heteroatoms. The predicted molar refractivity (Wildman–Crippen MR) is 92.8 cm³/mol. The molecule has 1 saturated heterocycles. The van der Waals surface area contributed by atoms with Crippen LogP contribution in [-0.4, -0.2) is 40.5 Å². The van der Waals surface area contributed by atoms with Crippen LogP contribution >= 0.6 is 11.3 Å². The van der Waals surface area contributed by atoms with Crippen LogP contribution < -0.4 is 0 Å². The van der Waals surface area contributed by atoms with Crippen LogP contribution in [0.15, 0.2) is 48.1 Å². The van der Waals surface area contributed by atoms with Gasteiger partial charge in [-0.05, 0) is 17.7 Å². The average molecular weight is 339 g/mol. The summed E-state index contributed by atoms with van der Waals surface area (Å²) in [6.45, 7) is 1.74. The Bertz CT molecular complexity index is 850. The highest BCUT2D eigenvalue weighted by atomic mass is 32.1. The minimum atomic E-state index is -0.113. The predicted octanol–water partition coefficient (Wildman–Crippen LogP) is 2.83. The van der Waals surface area contributed by atoms with Gasteiger partial charge in [0.2, 0.25) is 5.91 Å². The van der Waals surface area contributed by atoms with Crippen molar-refractivity contribution in [3.05, 3.63) is 58.7 Å². The van der Waals surface area contributed by atoms with Gasteiger partial charge in [0.15, 0.2) is 0 Å². The van der Waals surface area contributed by atoms with E-state index in [1.54, 1.807) is 23.7 Å². The molecular weight excluding hydrogens is 322 g/mol. The number of fused-ring (bicyclic) bond motifs is 1. The minimum absolute atomic E-state index is 0.108. The summed E-state index contributed by atoms with van der Waals surface area (Å²) in [4.78, 5) is 23.2. The molecule has 0 bridgehead atoms. The van der Waals surface area contributed by atoms with Gasteiger partial charge in [-0.15, -0.1) is 11.3 Å². The van der Waals surface area contributed by atoms with E-state index in [0.717, 1.165) is 21.5 Å². The Labute approximate surface area is 143 Å². The molecule has 1 atom stereocenters. The molecule has 1 aliphatic heterocycles. The second-order valence-corrected chi connectivity index (χ2v) is 6.71. The second-order valence-electron chi connectivity index (χ2n) is 5.78. The number of hydrogen-bond acceptors (Lipinski definition) is 5. The maximum Gasteiger partial charge on any atom is 0.227 e. The van der Waals surface area contributed by atoms with Gasteiger partial charge in [0, 0.05) is 29.7 Å². The van der Waals surface area contributed by atoms with Crippen LogP contribution in [0.3, 0.4) is 0 Å². The molecule has 1 unspecified atom stereocenters. The van der Waals surface area contributed by atoms with Crippen LogP contribution in [0.4, 0.5) is 0 Å². The van der Waals surface area contributed by atoms with Crippen LogP contribution in [0.1, 0.15) is 16.7 Å². The van der Waals surface area contributed by atoms with Crippen molar-refractivity contribution in [2.24, 2.45) is 0 Å². The SMILES string of the molecule is O=C(Cc1cnc2ccccc2c1)N1CCOC(c2nccs2)C1. The van der Waals surface area contributed by atoms with Gasteiger partial charge in [0.05, 0.1) is 25.1 Å². The molecule has 3 aromatic rings. The summed E-state index contributed by atoms with van der Waals surface area (Å²) in [7, 11) is 0. The fourth-order valence-corrected chi connectivity index (χ4v) is 3.60. The fourth-order valence-electron chi connectivity index (χ4n) is 2.92. The van der Waals surface area contributed by atoms with Gasteiger partial charge in [-0.25, -0.2) is 4.98 Å². The zero-order valence-corrected chi connectivity index (χ0v) is 13.9. The van der Waals surface area contributed by atoms with E-state index in [4.69, 9.17) is 4.74 Å². The van der Waals surface area contributed by atoms with Gasteiger partial charge in [-0.2, -0.15) is 0 Å². The van der Waals surface area contributed by atoms with Crippen molar-refractivity contribution in [3.63, 3.8) is 0 Å². The van der Waals surface area contributed by atoms with Crippen molar-refractivity contribution >= 4 is 28.1 Å². The molecule has 1 aromatic carbocycles. The van der Waals surface area contributed by atoms with Crippen molar-refractivity contribution in [2.45, 2.75) is 12.5 Å². The molecule has 122 valence electrons. The van der Waals surface area contributed by atoms with Crippen molar-refractivity contribution in [1.29, 1.82) is 0 Å². The number of rotatable bonds is 3. The van der Waals surface area contributed by atoms with E-state index < -0.39 is 0 Å². The molecule has 0 aliphatic carbocycles.